The molecule has 0 bridgehead atoms. The van der Waals surface area contributed by atoms with E-state index < -0.39 is 0 Å². The van der Waals surface area contributed by atoms with Crippen molar-refractivity contribution in [3.8, 4) is 5.75 Å². The predicted octanol–water partition coefficient (Wildman–Crippen LogP) is 5.26. The fraction of sp³-hybridized carbons (Fsp3) is 0.308. The van der Waals surface area contributed by atoms with Crippen LogP contribution in [0.3, 0.4) is 0 Å². The number of nitrogens with zero attached hydrogens (tertiary/aromatic N) is 3. The zero-order valence-corrected chi connectivity index (χ0v) is 20.3. The molecule has 0 atom stereocenters. The molecule has 1 aliphatic rings. The van der Waals surface area contributed by atoms with Crippen molar-refractivity contribution in [1.82, 2.24) is 9.88 Å². The van der Waals surface area contributed by atoms with E-state index in [0.29, 0.717) is 15.6 Å². The summed E-state index contributed by atoms with van der Waals surface area (Å²) in [6.45, 7) is 12.2. The van der Waals surface area contributed by atoms with Crippen molar-refractivity contribution < 1.29 is 15.0 Å². The van der Waals surface area contributed by atoms with Crippen LogP contribution in [0.2, 0.25) is 0 Å². The van der Waals surface area contributed by atoms with Gasteiger partial charge in [0, 0.05) is 43.1 Å². The number of nitrogens with two attached hydrogens (primary N) is 1. The number of piperazine rings is 1. The largest absolute Gasteiger partial charge is 0.513 e. The first-order valence-corrected chi connectivity index (χ1v) is 11.9. The molecule has 1 saturated heterocycles. The SMILES string of the molecule is C.C=C(C)O.CCN1CCN(c2ccc(Nc3nc(N)c(C(=O)c4cccc(O)c4)s3)cc2)CC1. The number of benzene rings is 2. The van der Waals surface area contributed by atoms with Gasteiger partial charge in [0.15, 0.2) is 5.13 Å². The van der Waals surface area contributed by atoms with Crippen LogP contribution in [0, 0.1) is 0 Å². The number of hydrogen-bond acceptors (Lipinski definition) is 9. The van der Waals surface area contributed by atoms with Gasteiger partial charge in [-0.3, -0.25) is 4.79 Å². The molecule has 0 radical (unpaired) electrons. The molecular weight excluding hydrogens is 462 g/mol. The fourth-order valence-corrected chi connectivity index (χ4v) is 4.39. The highest BCUT2D eigenvalue weighted by Gasteiger charge is 2.19. The monoisotopic (exact) mass is 497 g/mol. The highest BCUT2D eigenvalue weighted by molar-refractivity contribution is 7.18. The third-order valence-electron chi connectivity index (χ3n) is 5.27. The zero-order valence-electron chi connectivity index (χ0n) is 19.5. The van der Waals surface area contributed by atoms with E-state index >= 15 is 0 Å². The molecule has 8 nitrogen and oxygen atoms in total. The molecule has 5 N–H and O–H groups in total. The van der Waals surface area contributed by atoms with Gasteiger partial charge in [-0.1, -0.05) is 44.4 Å². The number of carbonyl (C=O) groups is 1. The number of thiazole rings is 1. The van der Waals surface area contributed by atoms with Gasteiger partial charge in [-0.2, -0.15) is 0 Å². The van der Waals surface area contributed by atoms with E-state index in [4.69, 9.17) is 10.8 Å². The number of aromatic nitrogens is 1. The Kier molecular flexibility index (Phi) is 10.1. The molecule has 35 heavy (non-hydrogen) atoms. The molecule has 0 unspecified atom stereocenters. The second-order valence-electron chi connectivity index (χ2n) is 7.94. The van der Waals surface area contributed by atoms with Crippen molar-refractivity contribution in [3.63, 3.8) is 0 Å². The summed E-state index contributed by atoms with van der Waals surface area (Å²) in [6.07, 6.45) is 0. The van der Waals surface area contributed by atoms with E-state index in [-0.39, 0.29) is 30.5 Å². The number of allylic oxidation sites excluding steroid dienone is 1. The first-order chi connectivity index (χ1) is 16.3. The molecule has 0 amide bonds. The van der Waals surface area contributed by atoms with E-state index in [0.717, 1.165) is 38.4 Å². The summed E-state index contributed by atoms with van der Waals surface area (Å²) in [5.41, 5.74) is 8.45. The fourth-order valence-electron chi connectivity index (χ4n) is 3.53. The minimum atomic E-state index is -0.254. The Bertz CT molecular complexity index is 1120. The maximum Gasteiger partial charge on any atom is 0.206 e. The molecule has 1 aliphatic heterocycles. The number of likely N-dealkylation sites (N-methyl/N-ethyl adjacent to an activating group) is 1. The van der Waals surface area contributed by atoms with E-state index in [2.05, 4.69) is 45.7 Å². The number of aliphatic hydroxyl groups is 1. The lowest BCUT2D eigenvalue weighted by Gasteiger charge is -2.35. The standard InChI is InChI=1S/C22H25N5O2S.C3H6O.CH4/c1-2-26-10-12-27(13-11-26)17-8-6-16(7-9-17)24-22-25-21(23)20(30-22)19(29)15-4-3-5-18(28)14-15;1-3(2)4;/h3-9,14,28H,2,10-13,23H2,1H3,(H,24,25);4H,1H2,2H3;1H4. The van der Waals surface area contributed by atoms with Crippen LogP contribution in [0.25, 0.3) is 0 Å². The van der Waals surface area contributed by atoms with Gasteiger partial charge in [0.25, 0.3) is 0 Å². The van der Waals surface area contributed by atoms with E-state index in [1.807, 2.05) is 12.1 Å². The number of nitrogens with one attached hydrogen (secondary N) is 1. The van der Waals surface area contributed by atoms with Gasteiger partial charge in [-0.25, -0.2) is 4.98 Å². The van der Waals surface area contributed by atoms with Crippen molar-refractivity contribution in [3.05, 3.63) is 71.3 Å². The first kappa shape index (κ1) is 27.7. The molecule has 0 saturated carbocycles. The second kappa shape index (κ2) is 12.8. The van der Waals surface area contributed by atoms with Gasteiger partial charge in [-0.15, -0.1) is 0 Å². The minimum Gasteiger partial charge on any atom is -0.513 e. The van der Waals surface area contributed by atoms with Crippen LogP contribution >= 0.6 is 11.3 Å². The van der Waals surface area contributed by atoms with Gasteiger partial charge in [-0.05, 0) is 49.9 Å². The summed E-state index contributed by atoms with van der Waals surface area (Å²) in [4.78, 5) is 22.2. The quantitative estimate of drug-likeness (QED) is 0.269. The molecule has 0 spiro atoms. The molecule has 0 aliphatic carbocycles. The van der Waals surface area contributed by atoms with Crippen LogP contribution in [0.5, 0.6) is 5.75 Å². The molecule has 2 heterocycles. The summed E-state index contributed by atoms with van der Waals surface area (Å²) >= 11 is 1.20. The number of aromatic hydroxyl groups is 1. The summed E-state index contributed by atoms with van der Waals surface area (Å²) in [7, 11) is 0. The van der Waals surface area contributed by atoms with Crippen molar-refractivity contribution in [2.45, 2.75) is 21.3 Å². The van der Waals surface area contributed by atoms with Gasteiger partial charge in [0.05, 0.1) is 5.76 Å². The predicted molar refractivity (Wildman–Crippen MR) is 146 cm³/mol. The molecule has 1 fully saturated rings. The highest BCUT2D eigenvalue weighted by Crippen LogP contribution is 2.31. The number of aliphatic hydroxyl groups excluding tert-OH is 1. The molecule has 188 valence electrons. The Hall–Kier alpha value is -3.56. The van der Waals surface area contributed by atoms with E-state index in [1.54, 1.807) is 12.1 Å². The van der Waals surface area contributed by atoms with Gasteiger partial charge in [0.2, 0.25) is 5.78 Å². The minimum absolute atomic E-state index is 0. The number of phenols is 1. The number of carbonyl (C=O) groups excluding carboxylic acids is 1. The normalized spacial score (nSPS) is 13.3. The van der Waals surface area contributed by atoms with Crippen LogP contribution in [0.15, 0.2) is 60.9 Å². The Balaban J connectivity index is 0.000000804. The first-order valence-electron chi connectivity index (χ1n) is 11.1. The number of hydrogen-bond donors (Lipinski definition) is 4. The Morgan fingerprint density at radius 3 is 2.37 bits per heavy atom. The van der Waals surface area contributed by atoms with Gasteiger partial charge >= 0.3 is 0 Å². The van der Waals surface area contributed by atoms with Crippen molar-refractivity contribution in [2.75, 3.05) is 48.7 Å². The van der Waals surface area contributed by atoms with Crippen LogP contribution in [-0.2, 0) is 0 Å². The second-order valence-corrected chi connectivity index (χ2v) is 8.94. The van der Waals surface area contributed by atoms with Crippen molar-refractivity contribution in [2.24, 2.45) is 0 Å². The van der Waals surface area contributed by atoms with Gasteiger partial charge in [0.1, 0.15) is 16.4 Å². The molecule has 4 rings (SSSR count). The smallest absolute Gasteiger partial charge is 0.206 e. The molecular formula is C26H35N5O3S. The third-order valence-corrected chi connectivity index (χ3v) is 6.26. The summed E-state index contributed by atoms with van der Waals surface area (Å²) in [6, 6.07) is 14.4. The zero-order chi connectivity index (χ0) is 24.7. The molecule has 1 aromatic heterocycles. The summed E-state index contributed by atoms with van der Waals surface area (Å²) in [5, 5.41) is 21.3. The van der Waals surface area contributed by atoms with Crippen LogP contribution in [-0.4, -0.2) is 58.6 Å². The van der Waals surface area contributed by atoms with Crippen molar-refractivity contribution in [1.29, 1.82) is 0 Å². The Labute approximate surface area is 211 Å². The topological polar surface area (TPSA) is 115 Å². The molecule has 9 heteroatoms. The Morgan fingerprint density at radius 2 is 1.80 bits per heavy atom. The maximum absolute atomic E-state index is 12.7. The average Bonchev–Trinajstić information content (AvgIpc) is 3.18. The number of phenolic OH excluding ortho intramolecular Hbond substituents is 1. The highest BCUT2D eigenvalue weighted by atomic mass is 32.1. The Morgan fingerprint density at radius 1 is 1.17 bits per heavy atom. The van der Waals surface area contributed by atoms with Gasteiger partial charge < -0.3 is 31.1 Å². The van der Waals surface area contributed by atoms with Crippen LogP contribution < -0.4 is 16.0 Å². The maximum atomic E-state index is 12.7. The van der Waals surface area contributed by atoms with E-state index in [1.165, 1.54) is 36.1 Å². The van der Waals surface area contributed by atoms with Crippen molar-refractivity contribution >= 4 is 39.4 Å². The molecule has 3 aromatic rings. The number of nitrogen functional groups attached to an aromatic ring is 1. The summed E-state index contributed by atoms with van der Waals surface area (Å²) in [5.74, 6) is 0.135. The van der Waals surface area contributed by atoms with Crippen LogP contribution in [0.1, 0.15) is 36.5 Å². The third kappa shape index (κ3) is 7.73. The number of rotatable bonds is 6. The number of anilines is 4. The number of ketones is 1. The van der Waals surface area contributed by atoms with E-state index in [9.17, 15) is 9.90 Å². The summed E-state index contributed by atoms with van der Waals surface area (Å²) < 4.78 is 0. The average molecular weight is 498 g/mol. The lowest BCUT2D eigenvalue weighted by molar-refractivity contribution is 0.104. The van der Waals surface area contributed by atoms with Crippen LogP contribution in [0.4, 0.5) is 22.3 Å². The lowest BCUT2D eigenvalue weighted by atomic mass is 10.1. The lowest BCUT2D eigenvalue weighted by Crippen LogP contribution is -2.46. The molecule has 2 aromatic carbocycles.